The van der Waals surface area contributed by atoms with Crippen molar-refractivity contribution in [3.8, 4) is 0 Å². The lowest BCUT2D eigenvalue weighted by Gasteiger charge is -2.18. The maximum atomic E-state index is 4.26. The van der Waals surface area contributed by atoms with Crippen LogP contribution in [0.5, 0.6) is 0 Å². The average Bonchev–Trinajstić information content (AvgIpc) is 2.96. The van der Waals surface area contributed by atoms with Crippen LogP contribution in [0.3, 0.4) is 0 Å². The normalized spacial score (nSPS) is 17.7. The minimum atomic E-state index is 0.538. The topological polar surface area (TPSA) is 0 Å². The summed E-state index contributed by atoms with van der Waals surface area (Å²) in [5.74, 6) is 0.538. The van der Waals surface area contributed by atoms with Gasteiger partial charge in [-0.05, 0) is 55.4 Å². The smallest absolute Gasteiger partial charge is 0.00787 e. The SMILES string of the molecule is C=C(CC)C(=C)SC(=C)/C(C)=C(\C)C1CCc2ccccc21. The number of hydrogen-bond donors (Lipinski definition) is 0. The average molecular weight is 311 g/mol. The Kier molecular flexibility index (Phi) is 5.52. The number of hydrogen-bond acceptors (Lipinski definition) is 1. The van der Waals surface area contributed by atoms with Gasteiger partial charge in [-0.2, -0.15) is 0 Å². The van der Waals surface area contributed by atoms with Crippen LogP contribution in [0.25, 0.3) is 0 Å². The fraction of sp³-hybridized carbons (Fsp3) is 0.333. The zero-order valence-electron chi connectivity index (χ0n) is 14.0. The fourth-order valence-electron chi connectivity index (χ4n) is 2.98. The molecule has 1 unspecified atom stereocenters. The Morgan fingerprint density at radius 2 is 1.82 bits per heavy atom. The Morgan fingerprint density at radius 3 is 2.50 bits per heavy atom. The summed E-state index contributed by atoms with van der Waals surface area (Å²) in [5, 5.41) is 0. The van der Waals surface area contributed by atoms with E-state index in [0.717, 1.165) is 21.8 Å². The summed E-state index contributed by atoms with van der Waals surface area (Å²) in [4.78, 5) is 2.13. The van der Waals surface area contributed by atoms with Crippen molar-refractivity contribution in [2.24, 2.45) is 0 Å². The largest absolute Gasteiger partial charge is 0.0947 e. The maximum absolute atomic E-state index is 4.26. The molecule has 0 bridgehead atoms. The molecule has 0 N–H and O–H groups in total. The Morgan fingerprint density at radius 1 is 1.14 bits per heavy atom. The number of benzene rings is 1. The third-order valence-electron chi connectivity index (χ3n) is 4.73. The quantitative estimate of drug-likeness (QED) is 0.522. The highest BCUT2D eigenvalue weighted by Gasteiger charge is 2.24. The molecule has 0 amide bonds. The summed E-state index contributed by atoms with van der Waals surface area (Å²) in [6, 6.07) is 8.82. The molecule has 1 atom stereocenters. The number of allylic oxidation sites excluding steroid dienone is 3. The van der Waals surface area contributed by atoms with Crippen molar-refractivity contribution in [1.82, 2.24) is 0 Å². The van der Waals surface area contributed by atoms with E-state index >= 15 is 0 Å². The second-order valence-electron chi connectivity index (χ2n) is 6.00. The van der Waals surface area contributed by atoms with Gasteiger partial charge >= 0.3 is 0 Å². The van der Waals surface area contributed by atoms with Crippen LogP contribution in [0.2, 0.25) is 0 Å². The van der Waals surface area contributed by atoms with Gasteiger partial charge < -0.3 is 0 Å². The van der Waals surface area contributed by atoms with Crippen molar-refractivity contribution in [3.05, 3.63) is 81.7 Å². The molecule has 0 spiro atoms. The van der Waals surface area contributed by atoms with Crippen molar-refractivity contribution in [2.75, 3.05) is 0 Å². The van der Waals surface area contributed by atoms with Crippen LogP contribution in [0.4, 0.5) is 0 Å². The second kappa shape index (κ2) is 7.19. The van der Waals surface area contributed by atoms with Gasteiger partial charge in [0.25, 0.3) is 0 Å². The molecule has 116 valence electrons. The van der Waals surface area contributed by atoms with Gasteiger partial charge in [-0.25, -0.2) is 0 Å². The van der Waals surface area contributed by atoms with E-state index in [4.69, 9.17) is 0 Å². The van der Waals surface area contributed by atoms with Crippen molar-refractivity contribution >= 4 is 11.8 Å². The zero-order valence-corrected chi connectivity index (χ0v) is 14.9. The zero-order chi connectivity index (χ0) is 16.3. The second-order valence-corrected chi connectivity index (χ2v) is 7.19. The Balaban J connectivity index is 2.18. The van der Waals surface area contributed by atoms with Gasteiger partial charge in [0.1, 0.15) is 0 Å². The summed E-state index contributed by atoms with van der Waals surface area (Å²) >= 11 is 1.66. The predicted octanol–water partition coefficient (Wildman–Crippen LogP) is 6.78. The molecule has 0 radical (unpaired) electrons. The van der Waals surface area contributed by atoms with Gasteiger partial charge in [0.05, 0.1) is 0 Å². The Labute approximate surface area is 139 Å². The standard InChI is InChI=1S/C21H26S/c1-7-14(2)17(5)22-18(6)15(3)16(4)20-13-12-19-10-8-9-11-21(19)20/h8-11,20H,2,5-7,12-13H2,1,3-4H3/b16-15+. The minimum absolute atomic E-state index is 0.538. The first-order valence-corrected chi connectivity index (χ1v) is 8.76. The highest BCUT2D eigenvalue weighted by molar-refractivity contribution is 8.07. The first-order chi connectivity index (χ1) is 10.5. The number of aryl methyl sites for hydroxylation is 1. The van der Waals surface area contributed by atoms with Crippen molar-refractivity contribution in [2.45, 2.75) is 46.0 Å². The van der Waals surface area contributed by atoms with Crippen molar-refractivity contribution in [3.63, 3.8) is 0 Å². The monoisotopic (exact) mass is 310 g/mol. The molecule has 1 aromatic rings. The van der Waals surface area contributed by atoms with E-state index in [1.54, 1.807) is 11.8 Å². The van der Waals surface area contributed by atoms with Crippen molar-refractivity contribution in [1.29, 1.82) is 0 Å². The summed E-state index contributed by atoms with van der Waals surface area (Å²) in [6.45, 7) is 19.0. The van der Waals surface area contributed by atoms with E-state index < -0.39 is 0 Å². The Bertz CT molecular complexity index is 646. The number of fused-ring (bicyclic) bond motifs is 1. The van der Waals surface area contributed by atoms with Crippen LogP contribution >= 0.6 is 11.8 Å². The molecule has 1 aliphatic rings. The van der Waals surface area contributed by atoms with Crippen LogP contribution in [-0.2, 0) is 6.42 Å². The minimum Gasteiger partial charge on any atom is -0.0947 e. The van der Waals surface area contributed by atoms with Gasteiger partial charge in [-0.15, -0.1) is 0 Å². The summed E-state index contributed by atoms with van der Waals surface area (Å²) in [5.41, 5.74) is 6.84. The molecule has 0 saturated heterocycles. The van der Waals surface area contributed by atoms with Gasteiger partial charge in [-0.1, -0.05) is 68.3 Å². The highest BCUT2D eigenvalue weighted by atomic mass is 32.2. The molecule has 1 aromatic carbocycles. The molecule has 0 nitrogen and oxygen atoms in total. The third-order valence-corrected chi connectivity index (χ3v) is 5.82. The van der Waals surface area contributed by atoms with Crippen LogP contribution in [-0.4, -0.2) is 0 Å². The molecule has 0 heterocycles. The molecular formula is C21H26S. The van der Waals surface area contributed by atoms with Crippen LogP contribution < -0.4 is 0 Å². The van der Waals surface area contributed by atoms with Gasteiger partial charge in [0.15, 0.2) is 0 Å². The van der Waals surface area contributed by atoms with E-state index in [2.05, 4.69) is 64.8 Å². The van der Waals surface area contributed by atoms with Crippen molar-refractivity contribution < 1.29 is 0 Å². The molecular weight excluding hydrogens is 284 g/mol. The van der Waals surface area contributed by atoms with E-state index in [1.165, 1.54) is 35.1 Å². The van der Waals surface area contributed by atoms with Gasteiger partial charge in [0, 0.05) is 15.7 Å². The molecule has 1 heteroatoms. The van der Waals surface area contributed by atoms with Crippen LogP contribution in [0.15, 0.2) is 70.5 Å². The highest BCUT2D eigenvalue weighted by Crippen LogP contribution is 2.42. The van der Waals surface area contributed by atoms with Gasteiger partial charge in [-0.3, -0.25) is 0 Å². The van der Waals surface area contributed by atoms with E-state index in [1.807, 2.05) is 0 Å². The molecule has 22 heavy (non-hydrogen) atoms. The lowest BCUT2D eigenvalue weighted by Crippen LogP contribution is -1.99. The lowest BCUT2D eigenvalue weighted by molar-refractivity contribution is 0.764. The molecule has 0 aromatic heterocycles. The molecule has 2 rings (SSSR count). The van der Waals surface area contributed by atoms with E-state index in [9.17, 15) is 0 Å². The van der Waals surface area contributed by atoms with Crippen LogP contribution in [0, 0.1) is 0 Å². The summed E-state index contributed by atoms with van der Waals surface area (Å²) < 4.78 is 0. The first kappa shape index (κ1) is 16.9. The molecule has 0 aliphatic heterocycles. The third kappa shape index (κ3) is 3.47. The lowest BCUT2D eigenvalue weighted by atomic mass is 9.91. The summed E-state index contributed by atoms with van der Waals surface area (Å²) in [7, 11) is 0. The van der Waals surface area contributed by atoms with E-state index in [-0.39, 0.29) is 0 Å². The fourth-order valence-corrected chi connectivity index (χ4v) is 3.88. The van der Waals surface area contributed by atoms with E-state index in [0.29, 0.717) is 5.92 Å². The summed E-state index contributed by atoms with van der Waals surface area (Å²) in [6.07, 6.45) is 3.34. The number of thioether (sulfide) groups is 1. The van der Waals surface area contributed by atoms with Gasteiger partial charge in [0.2, 0.25) is 0 Å². The molecule has 0 saturated carbocycles. The molecule has 1 aliphatic carbocycles. The Hall–Kier alpha value is -1.47. The first-order valence-electron chi connectivity index (χ1n) is 7.95. The molecule has 0 fully saturated rings. The van der Waals surface area contributed by atoms with Crippen LogP contribution in [0.1, 0.15) is 50.7 Å². The predicted molar refractivity (Wildman–Crippen MR) is 101 cm³/mol. The maximum Gasteiger partial charge on any atom is 0.00787 e. The number of rotatable bonds is 6.